The monoisotopic (exact) mass is 443 g/mol. The largest absolute Gasteiger partial charge is 0.438 e. The van der Waals surface area contributed by atoms with Crippen molar-refractivity contribution in [1.29, 1.82) is 0 Å². The predicted octanol–water partition coefficient (Wildman–Crippen LogP) is 6.87. The number of anilines is 1. The number of urea groups is 1. The van der Waals surface area contributed by atoms with E-state index in [0.29, 0.717) is 23.6 Å². The molecule has 4 aromatic rings. The molecule has 1 saturated heterocycles. The van der Waals surface area contributed by atoms with Crippen molar-refractivity contribution >= 4 is 22.8 Å². The Hall–Kier alpha value is -3.67. The van der Waals surface area contributed by atoms with Crippen molar-refractivity contribution in [2.75, 3.05) is 11.9 Å². The number of hydrogen-bond donors (Lipinski definition) is 1. The Labute approximate surface area is 192 Å². The summed E-state index contributed by atoms with van der Waals surface area (Å²) in [6.45, 7) is 4.51. The molecule has 0 aliphatic carbocycles. The molecule has 5 nitrogen and oxygen atoms in total. The molecule has 0 bridgehead atoms. The van der Waals surface area contributed by atoms with Crippen molar-refractivity contribution in [2.45, 2.75) is 39.2 Å². The normalized spacial score (nSPS) is 15.8. The standard InChI is InChI=1S/C27H26FN3O2/c1-3-18-6-10-21(11-7-18)29-27(32)31-14-4-5-24(31)26-30-23-16-20(9-13-25(23)33-26)19-8-12-22(28)17(2)15-19/h6-13,15-16,24H,3-5,14H2,1-2H3,(H,29,32). The summed E-state index contributed by atoms with van der Waals surface area (Å²) in [6.07, 6.45) is 2.66. The number of benzene rings is 3. The summed E-state index contributed by atoms with van der Waals surface area (Å²) in [4.78, 5) is 19.5. The lowest BCUT2D eigenvalue weighted by Crippen LogP contribution is -2.34. The number of nitrogens with one attached hydrogen (secondary N) is 1. The summed E-state index contributed by atoms with van der Waals surface area (Å²) >= 11 is 0. The Kier molecular flexibility index (Phi) is 5.58. The highest BCUT2D eigenvalue weighted by molar-refractivity contribution is 5.90. The molecule has 1 N–H and O–H groups in total. The van der Waals surface area contributed by atoms with E-state index < -0.39 is 0 Å². The van der Waals surface area contributed by atoms with Crippen LogP contribution in [0.1, 0.15) is 42.8 Å². The third kappa shape index (κ3) is 4.21. The number of nitrogens with zero attached hydrogens (tertiary/aromatic N) is 2. The third-order valence-corrected chi connectivity index (χ3v) is 6.31. The van der Waals surface area contributed by atoms with Gasteiger partial charge in [0.05, 0.1) is 0 Å². The number of hydrogen-bond acceptors (Lipinski definition) is 3. The summed E-state index contributed by atoms with van der Waals surface area (Å²) in [7, 11) is 0. The fourth-order valence-corrected chi connectivity index (χ4v) is 4.38. The molecule has 1 atom stereocenters. The van der Waals surface area contributed by atoms with E-state index >= 15 is 0 Å². The number of halogens is 1. The highest BCUT2D eigenvalue weighted by Crippen LogP contribution is 2.35. The number of carbonyl (C=O) groups is 1. The molecule has 0 spiro atoms. The van der Waals surface area contributed by atoms with Gasteiger partial charge in [0.2, 0.25) is 5.89 Å². The lowest BCUT2D eigenvalue weighted by molar-refractivity contribution is 0.199. The second-order valence-corrected chi connectivity index (χ2v) is 8.53. The van der Waals surface area contributed by atoms with Crippen LogP contribution in [0, 0.1) is 12.7 Å². The first-order valence-electron chi connectivity index (χ1n) is 11.4. The number of oxazole rings is 1. The molecule has 1 aliphatic heterocycles. The smallest absolute Gasteiger partial charge is 0.322 e. The zero-order valence-corrected chi connectivity index (χ0v) is 18.8. The second kappa shape index (κ2) is 8.70. The van der Waals surface area contributed by atoms with Crippen LogP contribution >= 0.6 is 0 Å². The minimum atomic E-state index is -0.218. The SMILES string of the molecule is CCc1ccc(NC(=O)N2CCCC2c2nc3cc(-c4ccc(F)c(C)c4)ccc3o2)cc1. The van der Waals surface area contributed by atoms with Gasteiger partial charge >= 0.3 is 6.03 Å². The van der Waals surface area contributed by atoms with E-state index in [1.165, 1.54) is 11.6 Å². The second-order valence-electron chi connectivity index (χ2n) is 8.53. The van der Waals surface area contributed by atoms with Gasteiger partial charge in [-0.2, -0.15) is 0 Å². The zero-order chi connectivity index (χ0) is 22.9. The van der Waals surface area contributed by atoms with E-state index in [0.717, 1.165) is 41.6 Å². The van der Waals surface area contributed by atoms with Crippen LogP contribution in [-0.2, 0) is 6.42 Å². The molecule has 5 rings (SSSR count). The van der Waals surface area contributed by atoms with Gasteiger partial charge in [0.15, 0.2) is 5.58 Å². The Balaban J connectivity index is 1.38. The molecule has 33 heavy (non-hydrogen) atoms. The van der Waals surface area contributed by atoms with Crippen LogP contribution in [0.3, 0.4) is 0 Å². The summed E-state index contributed by atoms with van der Waals surface area (Å²) in [5.41, 5.74) is 5.89. The van der Waals surface area contributed by atoms with E-state index in [2.05, 4.69) is 12.2 Å². The van der Waals surface area contributed by atoms with Crippen molar-refractivity contribution in [2.24, 2.45) is 0 Å². The summed E-state index contributed by atoms with van der Waals surface area (Å²) < 4.78 is 19.7. The Morgan fingerprint density at radius 1 is 1.12 bits per heavy atom. The Bertz CT molecular complexity index is 1310. The van der Waals surface area contributed by atoms with Gasteiger partial charge in [-0.1, -0.05) is 31.2 Å². The first kappa shape index (κ1) is 21.2. The van der Waals surface area contributed by atoms with Gasteiger partial charge in [-0.3, -0.25) is 0 Å². The van der Waals surface area contributed by atoms with Gasteiger partial charge in [0.1, 0.15) is 17.4 Å². The lowest BCUT2D eigenvalue weighted by Gasteiger charge is -2.22. The third-order valence-electron chi connectivity index (χ3n) is 6.31. The Morgan fingerprint density at radius 3 is 2.64 bits per heavy atom. The van der Waals surface area contributed by atoms with Gasteiger partial charge in [-0.25, -0.2) is 14.2 Å². The predicted molar refractivity (Wildman–Crippen MR) is 128 cm³/mol. The van der Waals surface area contributed by atoms with Crippen LogP contribution in [0.5, 0.6) is 0 Å². The van der Waals surface area contributed by atoms with Gasteiger partial charge in [0.25, 0.3) is 0 Å². The van der Waals surface area contributed by atoms with E-state index in [1.54, 1.807) is 17.9 Å². The molecule has 2 heterocycles. The minimum Gasteiger partial charge on any atom is -0.438 e. The number of likely N-dealkylation sites (tertiary alicyclic amines) is 1. The van der Waals surface area contributed by atoms with Crippen molar-refractivity contribution in [3.05, 3.63) is 83.5 Å². The van der Waals surface area contributed by atoms with Crippen LogP contribution in [0.15, 0.2) is 65.1 Å². The van der Waals surface area contributed by atoms with Crippen molar-refractivity contribution in [3.8, 4) is 11.1 Å². The quantitative estimate of drug-likeness (QED) is 0.374. The molecule has 2 amide bonds. The van der Waals surface area contributed by atoms with Crippen molar-refractivity contribution in [3.63, 3.8) is 0 Å². The first-order chi connectivity index (χ1) is 16.0. The number of fused-ring (bicyclic) bond motifs is 1. The fraction of sp³-hybridized carbons (Fsp3) is 0.259. The average Bonchev–Trinajstić information content (AvgIpc) is 3.48. The summed E-state index contributed by atoms with van der Waals surface area (Å²) in [5.74, 6) is 0.330. The summed E-state index contributed by atoms with van der Waals surface area (Å²) in [6, 6.07) is 18.4. The molecule has 1 aromatic heterocycles. The lowest BCUT2D eigenvalue weighted by atomic mass is 10.0. The highest BCUT2D eigenvalue weighted by atomic mass is 19.1. The topological polar surface area (TPSA) is 58.4 Å². The number of carbonyl (C=O) groups excluding carboxylic acids is 1. The number of aryl methyl sites for hydroxylation is 2. The maximum Gasteiger partial charge on any atom is 0.322 e. The van der Waals surface area contributed by atoms with Crippen molar-refractivity contribution < 1.29 is 13.6 Å². The number of amides is 2. The molecular formula is C27H26FN3O2. The number of aromatic nitrogens is 1. The van der Waals surface area contributed by atoms with Crippen LogP contribution in [0.25, 0.3) is 22.2 Å². The molecule has 3 aromatic carbocycles. The van der Waals surface area contributed by atoms with E-state index in [-0.39, 0.29) is 17.9 Å². The maximum absolute atomic E-state index is 13.7. The van der Waals surface area contributed by atoms with Crippen LogP contribution in [0.4, 0.5) is 14.9 Å². The molecule has 1 unspecified atom stereocenters. The summed E-state index contributed by atoms with van der Waals surface area (Å²) in [5, 5.41) is 3.00. The molecule has 0 radical (unpaired) electrons. The van der Waals surface area contributed by atoms with E-state index in [1.807, 2.05) is 48.5 Å². The molecule has 1 fully saturated rings. The molecule has 1 aliphatic rings. The van der Waals surface area contributed by atoms with Crippen LogP contribution in [-0.4, -0.2) is 22.5 Å². The highest BCUT2D eigenvalue weighted by Gasteiger charge is 2.33. The van der Waals surface area contributed by atoms with Gasteiger partial charge < -0.3 is 14.6 Å². The first-order valence-corrected chi connectivity index (χ1v) is 11.4. The van der Waals surface area contributed by atoms with E-state index in [4.69, 9.17) is 9.40 Å². The number of rotatable bonds is 4. The Morgan fingerprint density at radius 2 is 1.88 bits per heavy atom. The molecule has 6 heteroatoms. The fourth-order valence-electron chi connectivity index (χ4n) is 4.38. The zero-order valence-electron chi connectivity index (χ0n) is 18.8. The average molecular weight is 444 g/mol. The van der Waals surface area contributed by atoms with Gasteiger partial charge in [-0.05, 0) is 84.8 Å². The van der Waals surface area contributed by atoms with Gasteiger partial charge in [-0.15, -0.1) is 0 Å². The van der Waals surface area contributed by atoms with Crippen LogP contribution in [0.2, 0.25) is 0 Å². The van der Waals surface area contributed by atoms with Crippen LogP contribution < -0.4 is 5.32 Å². The van der Waals surface area contributed by atoms with Crippen molar-refractivity contribution in [1.82, 2.24) is 9.88 Å². The minimum absolute atomic E-state index is 0.147. The molecule has 0 saturated carbocycles. The van der Waals surface area contributed by atoms with Gasteiger partial charge in [0, 0.05) is 12.2 Å². The molecule has 168 valence electrons. The maximum atomic E-state index is 13.7. The van der Waals surface area contributed by atoms with E-state index in [9.17, 15) is 9.18 Å². The molecular weight excluding hydrogens is 417 g/mol.